The van der Waals surface area contributed by atoms with Crippen LogP contribution in [0.25, 0.3) is 30.9 Å². The number of pyridine rings is 2. The second-order valence-corrected chi connectivity index (χ2v) is 7.77. The summed E-state index contributed by atoms with van der Waals surface area (Å²) in [6.45, 7) is 4.29. The molecule has 0 N–H and O–H groups in total. The van der Waals surface area contributed by atoms with Gasteiger partial charge in [-0.05, 0) is 48.2 Å². The first-order valence-electron chi connectivity index (χ1n) is 8.60. The van der Waals surface area contributed by atoms with E-state index in [1.54, 1.807) is 22.7 Å². The van der Waals surface area contributed by atoms with E-state index in [9.17, 15) is 0 Å². The fourth-order valence-corrected chi connectivity index (χ4v) is 5.16. The molecule has 0 aliphatic rings. The molecule has 0 fully saturated rings. The summed E-state index contributed by atoms with van der Waals surface area (Å²) in [6.07, 6.45) is 9.11. The predicted octanol–water partition coefficient (Wildman–Crippen LogP) is 5.52. The molecule has 26 heavy (non-hydrogen) atoms. The summed E-state index contributed by atoms with van der Waals surface area (Å²) >= 11 is 3.43. The smallest absolute Gasteiger partial charge is 0.153 e. The molecular formula is C20H18N4S2. The molecule has 0 saturated carbocycles. The number of aromatic nitrogens is 4. The molecule has 4 rings (SSSR count). The summed E-state index contributed by atoms with van der Waals surface area (Å²) < 4.78 is 0. The zero-order chi connectivity index (χ0) is 17.9. The van der Waals surface area contributed by atoms with Crippen molar-refractivity contribution in [3.63, 3.8) is 0 Å². The molecule has 4 nitrogen and oxygen atoms in total. The van der Waals surface area contributed by atoms with E-state index in [1.165, 1.54) is 20.9 Å². The molecule has 130 valence electrons. The Morgan fingerprint density at radius 3 is 1.38 bits per heavy atom. The van der Waals surface area contributed by atoms with Crippen LogP contribution in [0.1, 0.15) is 25.2 Å². The van der Waals surface area contributed by atoms with Gasteiger partial charge in [-0.15, -0.1) is 22.7 Å². The molecule has 0 radical (unpaired) electrons. The fourth-order valence-electron chi connectivity index (χ4n) is 2.82. The maximum atomic E-state index is 4.89. The van der Waals surface area contributed by atoms with Crippen molar-refractivity contribution in [2.24, 2.45) is 0 Å². The molecule has 0 bridgehead atoms. The summed E-state index contributed by atoms with van der Waals surface area (Å²) in [4.78, 5) is 20.4. The molecule has 6 heteroatoms. The minimum atomic E-state index is 0.900. The van der Waals surface area contributed by atoms with E-state index in [-0.39, 0.29) is 0 Å². The third-order valence-electron chi connectivity index (χ3n) is 4.13. The lowest BCUT2D eigenvalue weighted by molar-refractivity contribution is 1.05. The summed E-state index contributed by atoms with van der Waals surface area (Å²) in [5, 5.41) is 1.99. The normalized spacial score (nSPS) is 11.0. The second-order valence-electron chi connectivity index (χ2n) is 5.77. The maximum Gasteiger partial charge on any atom is 0.153 e. The number of hydrogen-bond acceptors (Lipinski definition) is 6. The van der Waals surface area contributed by atoms with E-state index in [0.717, 1.165) is 34.2 Å². The van der Waals surface area contributed by atoms with E-state index in [2.05, 4.69) is 23.8 Å². The van der Waals surface area contributed by atoms with Crippen LogP contribution < -0.4 is 0 Å². The Hall–Kier alpha value is -2.44. The highest BCUT2D eigenvalue weighted by Crippen LogP contribution is 2.40. The Kier molecular flexibility index (Phi) is 4.86. The van der Waals surface area contributed by atoms with Crippen molar-refractivity contribution in [2.45, 2.75) is 26.7 Å². The third kappa shape index (κ3) is 3.18. The van der Waals surface area contributed by atoms with Gasteiger partial charge in [0.25, 0.3) is 0 Å². The summed E-state index contributed by atoms with van der Waals surface area (Å²) in [5.74, 6) is 0. The minimum Gasteiger partial charge on any atom is -0.265 e. The molecule has 0 unspecified atom stereocenters. The number of nitrogens with zero attached hydrogens (tertiary/aromatic N) is 4. The van der Waals surface area contributed by atoms with Gasteiger partial charge in [-0.2, -0.15) is 0 Å². The van der Waals surface area contributed by atoms with E-state index < -0.39 is 0 Å². The van der Waals surface area contributed by atoms with Crippen molar-refractivity contribution < 1.29 is 0 Å². The first-order chi connectivity index (χ1) is 12.8. The third-order valence-corrected chi connectivity index (χ3v) is 6.57. The van der Waals surface area contributed by atoms with Crippen molar-refractivity contribution >= 4 is 22.7 Å². The Bertz CT molecular complexity index is 923. The molecule has 0 saturated heterocycles. The summed E-state index contributed by atoms with van der Waals surface area (Å²) in [6, 6.07) is 8.16. The van der Waals surface area contributed by atoms with Crippen LogP contribution in [-0.2, 0) is 12.8 Å². The Morgan fingerprint density at radius 2 is 1.04 bits per heavy atom. The number of thiazole rings is 2. The molecular weight excluding hydrogens is 360 g/mol. The molecule has 0 aliphatic heterocycles. The second kappa shape index (κ2) is 7.43. The van der Waals surface area contributed by atoms with Crippen molar-refractivity contribution in [2.75, 3.05) is 0 Å². The van der Waals surface area contributed by atoms with Gasteiger partial charge in [-0.1, -0.05) is 13.8 Å². The molecule has 0 spiro atoms. The molecule has 4 heterocycles. The average molecular weight is 379 g/mol. The minimum absolute atomic E-state index is 0.900. The molecule has 0 amide bonds. The fraction of sp³-hybridized carbons (Fsp3) is 0.200. The lowest BCUT2D eigenvalue weighted by Crippen LogP contribution is -1.85. The standard InChI is InChI=1S/C20H18N4S2/c1-3-15-17(13-5-9-21-10-6-13)25-19(23-15)20-24-16(4-2)18(26-20)14-7-11-22-12-8-14/h5-12H,3-4H2,1-2H3. The molecule has 0 atom stereocenters. The monoisotopic (exact) mass is 378 g/mol. The topological polar surface area (TPSA) is 51.6 Å². The van der Waals surface area contributed by atoms with Crippen LogP contribution in [0.15, 0.2) is 49.1 Å². The zero-order valence-electron chi connectivity index (χ0n) is 14.6. The highest BCUT2D eigenvalue weighted by Gasteiger charge is 2.18. The van der Waals surface area contributed by atoms with Crippen molar-refractivity contribution in [1.29, 1.82) is 0 Å². The van der Waals surface area contributed by atoms with E-state index in [4.69, 9.17) is 9.97 Å². The Morgan fingerprint density at radius 1 is 0.654 bits per heavy atom. The van der Waals surface area contributed by atoms with Gasteiger partial charge in [0.2, 0.25) is 0 Å². The van der Waals surface area contributed by atoms with Gasteiger partial charge < -0.3 is 0 Å². The van der Waals surface area contributed by atoms with Crippen LogP contribution >= 0.6 is 22.7 Å². The van der Waals surface area contributed by atoms with Gasteiger partial charge >= 0.3 is 0 Å². The van der Waals surface area contributed by atoms with Crippen molar-refractivity contribution in [3.05, 3.63) is 60.4 Å². The lowest BCUT2D eigenvalue weighted by atomic mass is 10.2. The van der Waals surface area contributed by atoms with Crippen molar-refractivity contribution in [1.82, 2.24) is 19.9 Å². The van der Waals surface area contributed by atoms with Crippen LogP contribution in [0, 0.1) is 0 Å². The van der Waals surface area contributed by atoms with Gasteiger partial charge in [-0.3, -0.25) is 9.97 Å². The molecule has 4 aromatic heterocycles. The Labute approximate surface area is 160 Å². The maximum absolute atomic E-state index is 4.89. The van der Waals surface area contributed by atoms with Crippen LogP contribution in [0.5, 0.6) is 0 Å². The summed E-state index contributed by atoms with van der Waals surface area (Å²) in [5.41, 5.74) is 4.58. The summed E-state index contributed by atoms with van der Waals surface area (Å²) in [7, 11) is 0. The van der Waals surface area contributed by atoms with Crippen LogP contribution in [0.4, 0.5) is 0 Å². The lowest BCUT2D eigenvalue weighted by Gasteiger charge is -1.98. The largest absolute Gasteiger partial charge is 0.265 e. The van der Waals surface area contributed by atoms with E-state index >= 15 is 0 Å². The van der Waals surface area contributed by atoms with Crippen LogP contribution in [0.3, 0.4) is 0 Å². The molecule has 0 aliphatic carbocycles. The quantitative estimate of drug-likeness (QED) is 0.459. The van der Waals surface area contributed by atoms with Gasteiger partial charge in [0.05, 0.1) is 21.1 Å². The van der Waals surface area contributed by atoms with E-state index in [1.807, 2.05) is 49.1 Å². The molecule has 0 aromatic carbocycles. The first kappa shape index (κ1) is 17.0. The number of hydrogen-bond donors (Lipinski definition) is 0. The molecule has 4 aromatic rings. The van der Waals surface area contributed by atoms with E-state index in [0.29, 0.717) is 0 Å². The van der Waals surface area contributed by atoms with Gasteiger partial charge in [-0.25, -0.2) is 9.97 Å². The van der Waals surface area contributed by atoms with Gasteiger partial charge in [0.15, 0.2) is 10.0 Å². The first-order valence-corrected chi connectivity index (χ1v) is 10.2. The highest BCUT2D eigenvalue weighted by molar-refractivity contribution is 7.24. The highest BCUT2D eigenvalue weighted by atomic mass is 32.1. The van der Waals surface area contributed by atoms with Crippen molar-refractivity contribution in [3.8, 4) is 30.9 Å². The number of aryl methyl sites for hydroxylation is 2. The SMILES string of the molecule is CCc1nc(-c2nc(CC)c(-c3ccncc3)s2)sc1-c1ccncc1. The van der Waals surface area contributed by atoms with Gasteiger partial charge in [0, 0.05) is 24.8 Å². The van der Waals surface area contributed by atoms with Crippen LogP contribution in [0.2, 0.25) is 0 Å². The zero-order valence-corrected chi connectivity index (χ0v) is 16.3. The average Bonchev–Trinajstić information content (AvgIpc) is 3.33. The predicted molar refractivity (Wildman–Crippen MR) is 108 cm³/mol. The van der Waals surface area contributed by atoms with Crippen LogP contribution in [-0.4, -0.2) is 19.9 Å². The number of rotatable bonds is 5. The van der Waals surface area contributed by atoms with Gasteiger partial charge in [0.1, 0.15) is 0 Å². The Balaban J connectivity index is 1.79.